The van der Waals surface area contributed by atoms with E-state index in [9.17, 15) is 4.79 Å². The number of unbranched alkanes of at least 4 members (excludes halogenated alkanes) is 5. The third-order valence-electron chi connectivity index (χ3n) is 2.08. The number of alkyl halides is 1. The maximum absolute atomic E-state index is 9.95. The van der Waals surface area contributed by atoms with Crippen molar-refractivity contribution in [3.05, 3.63) is 0 Å². The van der Waals surface area contributed by atoms with Gasteiger partial charge < -0.3 is 5.11 Å². The molecule has 0 saturated heterocycles. The molecule has 0 aromatic heterocycles. The van der Waals surface area contributed by atoms with Crippen LogP contribution < -0.4 is 0 Å². The molecular weight excluding hydrogens is 287 g/mol. The Hall–Kier alpha value is 0.380. The molecule has 1 N–H and O–H groups in total. The number of halogens is 1. The van der Waals surface area contributed by atoms with Crippen molar-refractivity contribution in [2.24, 2.45) is 0 Å². The molecule has 1 unspecified atom stereocenters. The average Bonchev–Trinajstić information content (AvgIpc) is 2.26. The van der Waals surface area contributed by atoms with Gasteiger partial charge in [-0.05, 0) is 25.4 Å². The second kappa shape index (κ2) is 17.8. The van der Waals surface area contributed by atoms with Gasteiger partial charge in [0, 0.05) is 11.8 Å². The molecule has 0 aromatic rings. The van der Waals surface area contributed by atoms with Crippen LogP contribution in [0.2, 0.25) is 0 Å². The van der Waals surface area contributed by atoms with Gasteiger partial charge in [0.2, 0.25) is 0 Å². The highest BCUT2D eigenvalue weighted by atomic mass is 79.9. The highest BCUT2D eigenvalue weighted by Gasteiger charge is 1.94. The van der Waals surface area contributed by atoms with Gasteiger partial charge in [0.1, 0.15) is 0 Å². The monoisotopic (exact) mass is 312 g/mol. The van der Waals surface area contributed by atoms with Crippen molar-refractivity contribution in [3.8, 4) is 0 Å². The summed E-state index contributed by atoms with van der Waals surface area (Å²) in [7, 11) is 2.75. The van der Waals surface area contributed by atoms with E-state index in [0.717, 1.165) is 24.6 Å². The molecule has 0 aromatic carbocycles. The largest absolute Gasteiger partial charge is 0.481 e. The Bertz CT molecular complexity index is 139. The highest BCUT2D eigenvalue weighted by Crippen LogP contribution is 2.01. The van der Waals surface area contributed by atoms with E-state index in [1.807, 2.05) is 0 Å². The smallest absolute Gasteiger partial charge is 0.303 e. The highest BCUT2D eigenvalue weighted by molar-refractivity contribution is 9.09. The van der Waals surface area contributed by atoms with E-state index in [4.69, 9.17) is 5.11 Å². The van der Waals surface area contributed by atoms with Crippen molar-refractivity contribution in [2.45, 2.75) is 58.3 Å². The van der Waals surface area contributed by atoms with Crippen LogP contribution in [-0.4, -0.2) is 22.6 Å². The molecule has 2 nitrogen and oxygen atoms in total. The molecule has 0 rings (SSSR count). The van der Waals surface area contributed by atoms with Crippen LogP contribution in [0.4, 0.5) is 0 Å². The Morgan fingerprint density at radius 2 is 1.75 bits per heavy atom. The van der Waals surface area contributed by atoms with Crippen molar-refractivity contribution in [3.63, 3.8) is 0 Å². The predicted molar refractivity (Wildman–Crippen MR) is 78.6 cm³/mol. The molecule has 0 saturated carbocycles. The van der Waals surface area contributed by atoms with Gasteiger partial charge in [-0.2, -0.15) is 0 Å². The summed E-state index contributed by atoms with van der Waals surface area (Å²) in [6, 6.07) is 0. The Morgan fingerprint density at radius 1 is 1.12 bits per heavy atom. The molecular formula is C12H26BrO2P. The first-order valence-corrected chi connectivity index (χ1v) is 8.10. The fourth-order valence-electron chi connectivity index (χ4n) is 1.12. The van der Waals surface area contributed by atoms with Crippen molar-refractivity contribution in [1.82, 2.24) is 0 Å². The number of carboxylic acids is 1. The molecule has 0 aliphatic carbocycles. The maximum Gasteiger partial charge on any atom is 0.303 e. The van der Waals surface area contributed by atoms with E-state index >= 15 is 0 Å². The third-order valence-corrected chi connectivity index (χ3v) is 3.05. The van der Waals surface area contributed by atoms with Crippen LogP contribution in [0.25, 0.3) is 0 Å². The number of carbonyl (C=O) groups is 1. The molecule has 0 radical (unpaired) electrons. The van der Waals surface area contributed by atoms with Crippen molar-refractivity contribution in [1.29, 1.82) is 0 Å². The minimum atomic E-state index is -0.690. The molecule has 4 heteroatoms. The molecule has 0 aliphatic heterocycles. The lowest BCUT2D eigenvalue weighted by Gasteiger charge is -1.92. The summed E-state index contributed by atoms with van der Waals surface area (Å²) in [5.41, 5.74) is 0. The van der Waals surface area contributed by atoms with Gasteiger partial charge >= 0.3 is 5.97 Å². The lowest BCUT2D eigenvalue weighted by atomic mass is 10.2. The summed E-state index contributed by atoms with van der Waals surface area (Å²) in [4.78, 5) is 9.95. The zero-order valence-electron chi connectivity index (χ0n) is 10.4. The molecule has 0 spiro atoms. The molecule has 16 heavy (non-hydrogen) atoms. The predicted octanol–water partition coefficient (Wildman–Crippen LogP) is 4.47. The van der Waals surface area contributed by atoms with Gasteiger partial charge in [-0.1, -0.05) is 48.5 Å². The number of rotatable bonds is 9. The summed E-state index contributed by atoms with van der Waals surface area (Å²) in [5, 5.41) is 9.18. The normalized spacial score (nSPS) is 9.44. The minimum Gasteiger partial charge on any atom is -0.481 e. The van der Waals surface area contributed by atoms with Crippen molar-refractivity contribution >= 4 is 31.1 Å². The van der Waals surface area contributed by atoms with Gasteiger partial charge in [-0.15, -0.1) is 9.24 Å². The standard InChI is InChI=1S/C6H11BrO2.C6H15P/c7-5-3-1-2-4-6(8)9;1-2-3-4-5-6-7/h1-5H2,(H,8,9);2-7H2,1H3. The molecule has 0 aliphatic rings. The van der Waals surface area contributed by atoms with E-state index in [1.54, 1.807) is 0 Å². The zero-order valence-corrected chi connectivity index (χ0v) is 13.1. The van der Waals surface area contributed by atoms with Crippen molar-refractivity contribution in [2.75, 3.05) is 11.5 Å². The first-order chi connectivity index (χ1) is 7.68. The van der Waals surface area contributed by atoms with Crippen LogP contribution >= 0.6 is 25.2 Å². The van der Waals surface area contributed by atoms with E-state index < -0.39 is 5.97 Å². The number of carboxylic acid groups (broad SMARTS) is 1. The van der Waals surface area contributed by atoms with Crippen LogP contribution in [0.1, 0.15) is 58.3 Å². The van der Waals surface area contributed by atoms with Gasteiger partial charge in [0.05, 0.1) is 0 Å². The quantitative estimate of drug-likeness (QED) is 0.387. The average molecular weight is 313 g/mol. The van der Waals surface area contributed by atoms with Gasteiger partial charge in [0.15, 0.2) is 0 Å². The van der Waals surface area contributed by atoms with Gasteiger partial charge in [-0.3, -0.25) is 4.79 Å². The molecule has 98 valence electrons. The molecule has 0 bridgehead atoms. The van der Waals surface area contributed by atoms with E-state index in [1.165, 1.54) is 31.8 Å². The lowest BCUT2D eigenvalue weighted by Crippen LogP contribution is -1.93. The topological polar surface area (TPSA) is 37.3 Å². The SMILES string of the molecule is CCCCCCP.O=C(O)CCCCCBr. The fourth-order valence-corrected chi connectivity index (χ4v) is 1.80. The summed E-state index contributed by atoms with van der Waals surface area (Å²) in [6.07, 6.45) is 10.1. The second-order valence-corrected chi connectivity index (χ2v) is 5.11. The van der Waals surface area contributed by atoms with E-state index in [2.05, 4.69) is 32.1 Å². The molecule has 0 heterocycles. The van der Waals surface area contributed by atoms with Crippen molar-refractivity contribution < 1.29 is 9.90 Å². The second-order valence-electron chi connectivity index (χ2n) is 3.74. The third kappa shape index (κ3) is 23.9. The van der Waals surface area contributed by atoms with Crippen LogP contribution in [0.5, 0.6) is 0 Å². The van der Waals surface area contributed by atoms with E-state index in [-0.39, 0.29) is 0 Å². The van der Waals surface area contributed by atoms with Crippen LogP contribution in [0.3, 0.4) is 0 Å². The summed E-state index contributed by atoms with van der Waals surface area (Å²) < 4.78 is 0. The van der Waals surface area contributed by atoms with E-state index in [0.29, 0.717) is 6.42 Å². The Kier molecular flexibility index (Phi) is 20.8. The first-order valence-electron chi connectivity index (χ1n) is 6.16. The zero-order chi connectivity index (χ0) is 12.6. The molecule has 0 amide bonds. The number of aliphatic carboxylic acids is 1. The minimum absolute atomic E-state index is 0.312. The van der Waals surface area contributed by atoms with Crippen LogP contribution in [0.15, 0.2) is 0 Å². The maximum atomic E-state index is 9.95. The van der Waals surface area contributed by atoms with Gasteiger partial charge in [0.25, 0.3) is 0 Å². The Morgan fingerprint density at radius 3 is 2.19 bits per heavy atom. The van der Waals surface area contributed by atoms with Crippen LogP contribution in [-0.2, 0) is 4.79 Å². The summed E-state index contributed by atoms with van der Waals surface area (Å²) >= 11 is 3.27. The van der Waals surface area contributed by atoms with Crippen LogP contribution in [0, 0.1) is 0 Å². The first kappa shape index (κ1) is 18.7. The summed E-state index contributed by atoms with van der Waals surface area (Å²) in [6.45, 7) is 2.24. The Balaban J connectivity index is 0. The number of hydrogen-bond donors (Lipinski definition) is 1. The fraction of sp³-hybridized carbons (Fsp3) is 0.917. The number of hydrogen-bond acceptors (Lipinski definition) is 1. The summed E-state index contributed by atoms with van der Waals surface area (Å²) in [5.74, 6) is -0.690. The van der Waals surface area contributed by atoms with Gasteiger partial charge in [-0.25, -0.2) is 0 Å². The molecule has 0 fully saturated rings. The lowest BCUT2D eigenvalue weighted by molar-refractivity contribution is -0.137. The molecule has 1 atom stereocenters. The Labute approximate surface area is 111 Å².